The highest BCUT2D eigenvalue weighted by Crippen LogP contribution is 2.17. The number of carbonyl (C=O) groups excluding carboxylic acids is 1. The molecule has 1 N–H and O–H groups in total. The second kappa shape index (κ2) is 7.96. The molecule has 0 unspecified atom stereocenters. The summed E-state index contributed by atoms with van der Waals surface area (Å²) in [6, 6.07) is 15.0. The number of amides is 1. The van der Waals surface area contributed by atoms with E-state index in [1.165, 1.54) is 36.0 Å². The molecule has 0 saturated carbocycles. The zero-order chi connectivity index (χ0) is 16.7. The second-order valence-corrected chi connectivity index (χ2v) is 5.64. The summed E-state index contributed by atoms with van der Waals surface area (Å²) >= 11 is 1.43. The van der Waals surface area contributed by atoms with Crippen molar-refractivity contribution in [3.8, 4) is 6.07 Å². The van der Waals surface area contributed by atoms with Crippen LogP contribution in [0.2, 0.25) is 0 Å². The van der Waals surface area contributed by atoms with Gasteiger partial charge in [0, 0.05) is 23.6 Å². The molecule has 2 aromatic carbocycles. The van der Waals surface area contributed by atoms with E-state index < -0.39 is 4.92 Å². The van der Waals surface area contributed by atoms with Crippen molar-refractivity contribution < 1.29 is 9.72 Å². The number of anilines is 1. The van der Waals surface area contributed by atoms with Crippen LogP contribution in [0, 0.1) is 21.4 Å². The number of thioether (sulfide) groups is 1. The predicted octanol–water partition coefficient (Wildman–Crippen LogP) is 3.34. The molecule has 7 heteroatoms. The van der Waals surface area contributed by atoms with E-state index in [0.717, 1.165) is 5.56 Å². The lowest BCUT2D eigenvalue weighted by molar-refractivity contribution is -0.384. The molecule has 0 aliphatic carbocycles. The van der Waals surface area contributed by atoms with Gasteiger partial charge in [-0.05, 0) is 29.8 Å². The molecule has 0 fully saturated rings. The molecule has 0 bridgehead atoms. The van der Waals surface area contributed by atoms with E-state index >= 15 is 0 Å². The smallest absolute Gasteiger partial charge is 0.269 e. The molecule has 0 aliphatic heterocycles. The lowest BCUT2D eigenvalue weighted by Gasteiger charge is -2.05. The Hall–Kier alpha value is -2.85. The highest BCUT2D eigenvalue weighted by Gasteiger charge is 2.07. The molecule has 0 aromatic heterocycles. The Morgan fingerprint density at radius 3 is 2.65 bits per heavy atom. The molecule has 6 nitrogen and oxygen atoms in total. The van der Waals surface area contributed by atoms with Crippen molar-refractivity contribution in [2.45, 2.75) is 5.75 Å². The predicted molar refractivity (Wildman–Crippen MR) is 89.0 cm³/mol. The molecular formula is C16H13N3O3S. The van der Waals surface area contributed by atoms with Crippen LogP contribution in [0.3, 0.4) is 0 Å². The van der Waals surface area contributed by atoms with Crippen LogP contribution in [0.25, 0.3) is 0 Å². The number of non-ortho nitro benzene ring substituents is 1. The maximum absolute atomic E-state index is 11.8. The van der Waals surface area contributed by atoms with Crippen molar-refractivity contribution in [1.29, 1.82) is 5.26 Å². The number of nitriles is 1. The molecule has 2 aromatic rings. The van der Waals surface area contributed by atoms with Gasteiger partial charge in [-0.2, -0.15) is 5.26 Å². The summed E-state index contributed by atoms with van der Waals surface area (Å²) < 4.78 is 0. The normalized spacial score (nSPS) is 9.87. The summed E-state index contributed by atoms with van der Waals surface area (Å²) in [5.74, 6) is 0.706. The number of nitrogens with zero attached hydrogens (tertiary/aromatic N) is 2. The molecule has 1 amide bonds. The molecule has 0 saturated heterocycles. The van der Waals surface area contributed by atoms with E-state index in [4.69, 9.17) is 5.26 Å². The largest absolute Gasteiger partial charge is 0.325 e. The summed E-state index contributed by atoms with van der Waals surface area (Å²) in [6.07, 6.45) is 0. The molecule has 0 heterocycles. The van der Waals surface area contributed by atoms with Gasteiger partial charge in [0.1, 0.15) is 0 Å². The van der Waals surface area contributed by atoms with Crippen molar-refractivity contribution >= 4 is 29.0 Å². The zero-order valence-electron chi connectivity index (χ0n) is 12.1. The van der Waals surface area contributed by atoms with Crippen molar-refractivity contribution in [3.63, 3.8) is 0 Å². The second-order valence-electron chi connectivity index (χ2n) is 4.66. The van der Waals surface area contributed by atoms with E-state index in [1.54, 1.807) is 12.1 Å². The first kappa shape index (κ1) is 16.5. The number of benzene rings is 2. The lowest BCUT2D eigenvalue weighted by atomic mass is 10.2. The van der Waals surface area contributed by atoms with Gasteiger partial charge in [-0.3, -0.25) is 14.9 Å². The van der Waals surface area contributed by atoms with Crippen molar-refractivity contribution in [2.75, 3.05) is 11.1 Å². The number of nitro groups is 1. The summed E-state index contributed by atoms with van der Waals surface area (Å²) in [5, 5.41) is 22.1. The molecule has 116 valence electrons. The van der Waals surface area contributed by atoms with E-state index in [1.807, 2.05) is 12.1 Å². The zero-order valence-corrected chi connectivity index (χ0v) is 12.9. The molecule has 2 rings (SSSR count). The molecule has 0 radical (unpaired) electrons. The van der Waals surface area contributed by atoms with Crippen molar-refractivity contribution in [3.05, 3.63) is 69.8 Å². The van der Waals surface area contributed by atoms with E-state index in [0.29, 0.717) is 17.0 Å². The summed E-state index contributed by atoms with van der Waals surface area (Å²) in [6.45, 7) is 0. The first-order chi connectivity index (χ1) is 11.1. The fourth-order valence-electron chi connectivity index (χ4n) is 1.86. The third-order valence-corrected chi connectivity index (χ3v) is 3.92. The SMILES string of the molecule is N#Cc1cccc(CSCC(=O)Nc2ccc([N+](=O)[O-])cc2)c1. The maximum Gasteiger partial charge on any atom is 0.269 e. The Bertz CT molecular complexity index is 754. The van der Waals surface area contributed by atoms with Gasteiger partial charge in [-0.25, -0.2) is 0 Å². The number of hydrogen-bond donors (Lipinski definition) is 1. The van der Waals surface area contributed by atoms with Crippen LogP contribution < -0.4 is 5.32 Å². The standard InChI is InChI=1S/C16H13N3O3S/c17-9-12-2-1-3-13(8-12)10-23-11-16(20)18-14-4-6-15(7-5-14)19(21)22/h1-8H,10-11H2,(H,18,20). The monoisotopic (exact) mass is 327 g/mol. The van der Waals surface area contributed by atoms with E-state index in [9.17, 15) is 14.9 Å². The van der Waals surface area contributed by atoms with Gasteiger partial charge in [0.25, 0.3) is 5.69 Å². The molecular weight excluding hydrogens is 314 g/mol. The first-order valence-electron chi connectivity index (χ1n) is 6.69. The van der Waals surface area contributed by atoms with Crippen LogP contribution >= 0.6 is 11.8 Å². The Balaban J connectivity index is 1.81. The summed E-state index contributed by atoms with van der Waals surface area (Å²) in [7, 11) is 0. The summed E-state index contributed by atoms with van der Waals surface area (Å²) in [5.41, 5.74) is 2.08. The van der Waals surface area contributed by atoms with Gasteiger partial charge >= 0.3 is 0 Å². The minimum atomic E-state index is -0.489. The van der Waals surface area contributed by atoms with Crippen molar-refractivity contribution in [2.24, 2.45) is 0 Å². The fraction of sp³-hybridized carbons (Fsp3) is 0.125. The average Bonchev–Trinajstić information content (AvgIpc) is 2.55. The maximum atomic E-state index is 11.8. The number of rotatable bonds is 6. The van der Waals surface area contributed by atoms with Crippen LogP contribution in [-0.4, -0.2) is 16.6 Å². The van der Waals surface area contributed by atoms with Crippen LogP contribution in [0.5, 0.6) is 0 Å². The fourth-order valence-corrected chi connectivity index (χ4v) is 2.63. The summed E-state index contributed by atoms with van der Waals surface area (Å²) in [4.78, 5) is 21.9. The van der Waals surface area contributed by atoms with Gasteiger partial charge in [0.15, 0.2) is 0 Å². The van der Waals surface area contributed by atoms with Gasteiger partial charge in [-0.15, -0.1) is 11.8 Å². The van der Waals surface area contributed by atoms with Crippen LogP contribution in [0.4, 0.5) is 11.4 Å². The number of nitrogens with one attached hydrogen (secondary N) is 1. The Kier molecular flexibility index (Phi) is 5.72. The minimum absolute atomic E-state index is 0.0188. The number of carbonyl (C=O) groups is 1. The quantitative estimate of drug-likeness (QED) is 0.648. The van der Waals surface area contributed by atoms with E-state index in [-0.39, 0.29) is 17.3 Å². The molecule has 0 spiro atoms. The number of hydrogen-bond acceptors (Lipinski definition) is 5. The van der Waals surface area contributed by atoms with Crippen LogP contribution in [0.15, 0.2) is 48.5 Å². The van der Waals surface area contributed by atoms with Gasteiger partial charge in [0.2, 0.25) is 5.91 Å². The lowest BCUT2D eigenvalue weighted by Crippen LogP contribution is -2.14. The molecule has 0 atom stereocenters. The molecule has 23 heavy (non-hydrogen) atoms. The Morgan fingerprint density at radius 2 is 2.00 bits per heavy atom. The first-order valence-corrected chi connectivity index (χ1v) is 7.85. The van der Waals surface area contributed by atoms with Crippen LogP contribution in [-0.2, 0) is 10.5 Å². The van der Waals surface area contributed by atoms with Gasteiger partial charge < -0.3 is 5.32 Å². The topological polar surface area (TPSA) is 96.0 Å². The Morgan fingerprint density at radius 1 is 1.26 bits per heavy atom. The van der Waals surface area contributed by atoms with E-state index in [2.05, 4.69) is 11.4 Å². The van der Waals surface area contributed by atoms with Crippen LogP contribution in [0.1, 0.15) is 11.1 Å². The minimum Gasteiger partial charge on any atom is -0.325 e. The average molecular weight is 327 g/mol. The third kappa shape index (κ3) is 5.13. The number of nitro benzene ring substituents is 1. The Labute approximate surface area is 137 Å². The van der Waals surface area contributed by atoms with Gasteiger partial charge in [-0.1, -0.05) is 12.1 Å². The highest BCUT2D eigenvalue weighted by atomic mass is 32.2. The third-order valence-electron chi connectivity index (χ3n) is 2.92. The highest BCUT2D eigenvalue weighted by molar-refractivity contribution is 7.99. The van der Waals surface area contributed by atoms with Crippen molar-refractivity contribution in [1.82, 2.24) is 0 Å². The molecule has 0 aliphatic rings. The van der Waals surface area contributed by atoms with Gasteiger partial charge in [0.05, 0.1) is 22.3 Å².